The quantitative estimate of drug-likeness (QED) is 0.279. The van der Waals surface area contributed by atoms with Crippen molar-refractivity contribution >= 4 is 39.5 Å². The normalized spacial score (nSPS) is 11.5. The molecule has 1 aromatic heterocycles. The van der Waals surface area contributed by atoms with E-state index >= 15 is 0 Å². The molecule has 6 heteroatoms. The van der Waals surface area contributed by atoms with Crippen molar-refractivity contribution in [3.63, 3.8) is 0 Å². The second-order valence-corrected chi connectivity index (χ2v) is 9.32. The van der Waals surface area contributed by atoms with Gasteiger partial charge in [0, 0.05) is 34.3 Å². The maximum absolute atomic E-state index is 13.0. The number of carbonyl (C=O) groups excluding carboxylic acids is 2. The Labute approximate surface area is 203 Å². The third-order valence-corrected chi connectivity index (χ3v) is 6.77. The molecule has 1 atom stereocenters. The summed E-state index contributed by atoms with van der Waals surface area (Å²) in [4.78, 5) is 25.5. The summed E-state index contributed by atoms with van der Waals surface area (Å²) in [6.45, 7) is 5.66. The van der Waals surface area contributed by atoms with Crippen LogP contribution in [0.3, 0.4) is 0 Å². The van der Waals surface area contributed by atoms with Crippen LogP contribution < -0.4 is 16.0 Å². The summed E-state index contributed by atoms with van der Waals surface area (Å²) in [6.07, 6.45) is 0. The maximum atomic E-state index is 13.0. The van der Waals surface area contributed by atoms with Gasteiger partial charge in [0.2, 0.25) is 5.91 Å². The van der Waals surface area contributed by atoms with Gasteiger partial charge >= 0.3 is 0 Å². The molecule has 4 aromatic rings. The molecule has 34 heavy (non-hydrogen) atoms. The monoisotopic (exact) mass is 469 g/mol. The van der Waals surface area contributed by atoms with Gasteiger partial charge in [0.05, 0.1) is 6.04 Å². The predicted molar refractivity (Wildman–Crippen MR) is 141 cm³/mol. The summed E-state index contributed by atoms with van der Waals surface area (Å²) >= 11 is 1.59. The van der Waals surface area contributed by atoms with E-state index in [1.54, 1.807) is 11.3 Å². The molecular formula is C28H27N3O2S. The van der Waals surface area contributed by atoms with Gasteiger partial charge in [0.15, 0.2) is 0 Å². The van der Waals surface area contributed by atoms with Crippen LogP contribution in [0.4, 0.5) is 16.4 Å². The lowest BCUT2D eigenvalue weighted by atomic mass is 9.96. The van der Waals surface area contributed by atoms with Crippen LogP contribution in [0.15, 0.2) is 84.9 Å². The molecule has 0 aliphatic heterocycles. The van der Waals surface area contributed by atoms with Crippen molar-refractivity contribution in [3.05, 3.63) is 112 Å². The highest BCUT2D eigenvalue weighted by atomic mass is 32.1. The van der Waals surface area contributed by atoms with Crippen LogP contribution >= 0.6 is 11.3 Å². The Morgan fingerprint density at radius 3 is 1.97 bits per heavy atom. The Balaban J connectivity index is 1.71. The topological polar surface area (TPSA) is 70.2 Å². The fraction of sp³-hybridized carbons (Fsp3) is 0.143. The number of hydrogen-bond donors (Lipinski definition) is 3. The zero-order valence-corrected chi connectivity index (χ0v) is 20.2. The van der Waals surface area contributed by atoms with Gasteiger partial charge in [-0.25, -0.2) is 0 Å². The molecule has 0 bridgehead atoms. The van der Waals surface area contributed by atoms with E-state index in [1.807, 2.05) is 72.8 Å². The van der Waals surface area contributed by atoms with Crippen LogP contribution in [0.5, 0.6) is 0 Å². The Hall–Kier alpha value is -3.90. The third kappa shape index (κ3) is 5.35. The van der Waals surface area contributed by atoms with E-state index in [0.717, 1.165) is 37.9 Å². The van der Waals surface area contributed by atoms with Crippen LogP contribution in [0.1, 0.15) is 44.9 Å². The molecule has 1 heterocycles. The Morgan fingerprint density at radius 1 is 0.765 bits per heavy atom. The minimum atomic E-state index is -0.177. The maximum Gasteiger partial charge on any atom is 0.256 e. The van der Waals surface area contributed by atoms with Gasteiger partial charge in [-0.15, -0.1) is 11.3 Å². The highest BCUT2D eigenvalue weighted by molar-refractivity contribution is 7.16. The van der Waals surface area contributed by atoms with Crippen LogP contribution in [0.25, 0.3) is 0 Å². The van der Waals surface area contributed by atoms with Crippen LogP contribution in [-0.2, 0) is 4.79 Å². The van der Waals surface area contributed by atoms with Crippen molar-refractivity contribution in [3.8, 4) is 0 Å². The highest BCUT2D eigenvalue weighted by Gasteiger charge is 2.25. The highest BCUT2D eigenvalue weighted by Crippen LogP contribution is 2.41. The smallest absolute Gasteiger partial charge is 0.256 e. The second kappa shape index (κ2) is 10.4. The number of carbonyl (C=O) groups is 2. The Bertz CT molecular complexity index is 1280. The SMILES string of the molecule is CC(=O)Nc1ccc(NC(c2ccccc2)c2c(NC(=O)c3ccccc3)sc(C)c2C)cc1. The van der Waals surface area contributed by atoms with Gasteiger partial charge in [-0.05, 0) is 61.4 Å². The van der Waals surface area contributed by atoms with Crippen molar-refractivity contribution < 1.29 is 9.59 Å². The first-order valence-electron chi connectivity index (χ1n) is 11.1. The molecule has 3 aromatic carbocycles. The summed E-state index contributed by atoms with van der Waals surface area (Å²) < 4.78 is 0. The van der Waals surface area contributed by atoms with Crippen molar-refractivity contribution in [2.24, 2.45) is 0 Å². The molecule has 0 spiro atoms. The lowest BCUT2D eigenvalue weighted by molar-refractivity contribution is -0.114. The first-order chi connectivity index (χ1) is 16.4. The summed E-state index contributed by atoms with van der Waals surface area (Å²) in [5.74, 6) is -0.236. The number of thiophene rings is 1. The van der Waals surface area contributed by atoms with E-state index in [9.17, 15) is 9.59 Å². The minimum Gasteiger partial charge on any atom is -0.374 e. The Morgan fingerprint density at radius 2 is 1.35 bits per heavy atom. The summed E-state index contributed by atoms with van der Waals surface area (Å²) in [6, 6.07) is 26.9. The fourth-order valence-electron chi connectivity index (χ4n) is 3.84. The van der Waals surface area contributed by atoms with E-state index < -0.39 is 0 Å². The minimum absolute atomic E-state index is 0.106. The molecule has 0 saturated carbocycles. The van der Waals surface area contributed by atoms with E-state index in [1.165, 1.54) is 6.92 Å². The predicted octanol–water partition coefficient (Wildman–Crippen LogP) is 6.78. The van der Waals surface area contributed by atoms with Gasteiger partial charge in [-0.1, -0.05) is 48.5 Å². The lowest BCUT2D eigenvalue weighted by Gasteiger charge is -2.23. The summed E-state index contributed by atoms with van der Waals surface area (Å²) in [7, 11) is 0. The fourth-order valence-corrected chi connectivity index (χ4v) is 4.93. The van der Waals surface area contributed by atoms with Crippen molar-refractivity contribution in [2.45, 2.75) is 26.8 Å². The zero-order valence-electron chi connectivity index (χ0n) is 19.4. The molecule has 4 rings (SSSR count). The zero-order chi connectivity index (χ0) is 24.1. The van der Waals surface area contributed by atoms with E-state index in [2.05, 4.69) is 41.9 Å². The number of nitrogens with one attached hydrogen (secondary N) is 3. The second-order valence-electron chi connectivity index (χ2n) is 8.09. The van der Waals surface area contributed by atoms with Crippen LogP contribution in [0.2, 0.25) is 0 Å². The van der Waals surface area contributed by atoms with Crippen molar-refractivity contribution in [1.82, 2.24) is 0 Å². The van der Waals surface area contributed by atoms with Gasteiger partial charge in [0.25, 0.3) is 5.91 Å². The number of aryl methyl sites for hydroxylation is 1. The lowest BCUT2D eigenvalue weighted by Crippen LogP contribution is -2.17. The standard InChI is InChI=1S/C28H27N3O2S/c1-18-19(2)34-28(31-27(33)22-12-8-5-9-13-22)25(18)26(21-10-6-4-7-11-21)30-24-16-14-23(15-17-24)29-20(3)32/h4-17,26,30H,1-3H3,(H,29,32)(H,31,33). The molecule has 0 aliphatic rings. The van der Waals surface area contributed by atoms with E-state index in [0.29, 0.717) is 5.56 Å². The van der Waals surface area contributed by atoms with E-state index in [-0.39, 0.29) is 17.9 Å². The number of benzene rings is 3. The summed E-state index contributed by atoms with van der Waals surface area (Å²) in [5, 5.41) is 10.4. The molecular weight excluding hydrogens is 442 g/mol. The van der Waals surface area contributed by atoms with Gasteiger partial charge in [-0.2, -0.15) is 0 Å². The molecule has 0 saturated heterocycles. The molecule has 172 valence electrons. The average molecular weight is 470 g/mol. The van der Waals surface area contributed by atoms with Gasteiger partial charge < -0.3 is 16.0 Å². The van der Waals surface area contributed by atoms with Crippen LogP contribution in [0, 0.1) is 13.8 Å². The van der Waals surface area contributed by atoms with Gasteiger partial charge in [-0.3, -0.25) is 9.59 Å². The average Bonchev–Trinajstić information content (AvgIpc) is 3.12. The van der Waals surface area contributed by atoms with Crippen molar-refractivity contribution in [1.29, 1.82) is 0 Å². The van der Waals surface area contributed by atoms with Crippen molar-refractivity contribution in [2.75, 3.05) is 16.0 Å². The van der Waals surface area contributed by atoms with E-state index in [4.69, 9.17) is 0 Å². The van der Waals surface area contributed by atoms with Crippen LogP contribution in [-0.4, -0.2) is 11.8 Å². The molecule has 2 amide bonds. The van der Waals surface area contributed by atoms with Gasteiger partial charge in [0.1, 0.15) is 5.00 Å². The summed E-state index contributed by atoms with van der Waals surface area (Å²) in [5.41, 5.74) is 5.55. The largest absolute Gasteiger partial charge is 0.374 e. The first-order valence-corrected chi connectivity index (χ1v) is 11.9. The third-order valence-electron chi connectivity index (χ3n) is 5.63. The number of amides is 2. The molecule has 3 N–H and O–H groups in total. The number of anilines is 3. The number of hydrogen-bond acceptors (Lipinski definition) is 4. The molecule has 5 nitrogen and oxygen atoms in total. The molecule has 0 radical (unpaired) electrons. The Kier molecular flexibility index (Phi) is 7.09. The molecule has 1 unspecified atom stereocenters. The first kappa shape index (κ1) is 23.3. The molecule has 0 fully saturated rings. The molecule has 0 aliphatic carbocycles. The number of rotatable bonds is 7.